The summed E-state index contributed by atoms with van der Waals surface area (Å²) in [4.78, 5) is 3.88. The Morgan fingerprint density at radius 2 is 2.40 bits per heavy atom. The number of nitrogen functional groups attached to an aromatic ring is 1. The number of pyridine rings is 1. The lowest BCUT2D eigenvalue weighted by Crippen LogP contribution is -1.94. The molecule has 0 aliphatic heterocycles. The maximum atomic E-state index is 8.65. The SMILES string of the molecule is Cc1cc(CO)ncc1N. The van der Waals surface area contributed by atoms with Gasteiger partial charge in [-0.2, -0.15) is 0 Å². The third-order valence-corrected chi connectivity index (χ3v) is 1.37. The Morgan fingerprint density at radius 1 is 1.70 bits per heavy atom. The van der Waals surface area contributed by atoms with Gasteiger partial charge in [-0.1, -0.05) is 0 Å². The van der Waals surface area contributed by atoms with E-state index in [-0.39, 0.29) is 6.61 Å². The van der Waals surface area contributed by atoms with Gasteiger partial charge in [0.15, 0.2) is 0 Å². The van der Waals surface area contributed by atoms with Crippen LogP contribution in [0.5, 0.6) is 0 Å². The first-order valence-electron chi connectivity index (χ1n) is 3.06. The molecule has 1 aromatic rings. The van der Waals surface area contributed by atoms with Gasteiger partial charge in [-0.05, 0) is 18.6 Å². The lowest BCUT2D eigenvalue weighted by atomic mass is 10.2. The molecular weight excluding hydrogens is 128 g/mol. The van der Waals surface area contributed by atoms with E-state index in [1.54, 1.807) is 12.3 Å². The van der Waals surface area contributed by atoms with Crippen LogP contribution in [0.2, 0.25) is 0 Å². The predicted octanol–water partition coefficient (Wildman–Crippen LogP) is 0.465. The van der Waals surface area contributed by atoms with Crippen LogP contribution in [0.1, 0.15) is 11.3 Å². The molecule has 3 nitrogen and oxygen atoms in total. The summed E-state index contributed by atoms with van der Waals surface area (Å²) in [7, 11) is 0. The zero-order valence-corrected chi connectivity index (χ0v) is 5.83. The van der Waals surface area contributed by atoms with Crippen LogP contribution in [-0.4, -0.2) is 10.1 Å². The van der Waals surface area contributed by atoms with E-state index in [0.29, 0.717) is 11.4 Å². The largest absolute Gasteiger partial charge is 0.397 e. The second kappa shape index (κ2) is 2.66. The minimum Gasteiger partial charge on any atom is -0.397 e. The third kappa shape index (κ3) is 1.25. The molecule has 0 aliphatic rings. The Kier molecular flexibility index (Phi) is 1.87. The van der Waals surface area contributed by atoms with E-state index in [1.807, 2.05) is 6.92 Å². The topological polar surface area (TPSA) is 59.1 Å². The molecule has 0 fully saturated rings. The molecule has 1 rings (SSSR count). The Hall–Kier alpha value is -1.09. The van der Waals surface area contributed by atoms with E-state index in [1.165, 1.54) is 0 Å². The van der Waals surface area contributed by atoms with Crippen molar-refractivity contribution < 1.29 is 5.11 Å². The summed E-state index contributed by atoms with van der Waals surface area (Å²) in [5.41, 5.74) is 7.78. The number of aromatic nitrogens is 1. The Labute approximate surface area is 59.5 Å². The number of nitrogens with zero attached hydrogens (tertiary/aromatic N) is 1. The van der Waals surface area contributed by atoms with Crippen LogP contribution in [0.4, 0.5) is 5.69 Å². The van der Waals surface area contributed by atoms with E-state index >= 15 is 0 Å². The summed E-state index contributed by atoms with van der Waals surface area (Å²) in [5, 5.41) is 8.65. The van der Waals surface area contributed by atoms with Gasteiger partial charge in [0.05, 0.1) is 24.2 Å². The van der Waals surface area contributed by atoms with Crippen molar-refractivity contribution in [1.82, 2.24) is 4.98 Å². The first-order chi connectivity index (χ1) is 4.74. The Bertz CT molecular complexity index is 235. The minimum atomic E-state index is -0.0267. The van der Waals surface area contributed by atoms with E-state index in [0.717, 1.165) is 5.56 Å². The highest BCUT2D eigenvalue weighted by atomic mass is 16.3. The average molecular weight is 138 g/mol. The van der Waals surface area contributed by atoms with Gasteiger partial charge >= 0.3 is 0 Å². The van der Waals surface area contributed by atoms with Crippen molar-refractivity contribution in [3.63, 3.8) is 0 Å². The van der Waals surface area contributed by atoms with Crippen molar-refractivity contribution in [2.24, 2.45) is 0 Å². The summed E-state index contributed by atoms with van der Waals surface area (Å²) < 4.78 is 0. The van der Waals surface area contributed by atoms with Crippen LogP contribution >= 0.6 is 0 Å². The quantitative estimate of drug-likeness (QED) is 0.592. The van der Waals surface area contributed by atoms with Crippen molar-refractivity contribution in [2.45, 2.75) is 13.5 Å². The molecule has 0 radical (unpaired) electrons. The lowest BCUT2D eigenvalue weighted by molar-refractivity contribution is 0.277. The lowest BCUT2D eigenvalue weighted by Gasteiger charge is -1.99. The zero-order valence-electron chi connectivity index (χ0n) is 5.83. The van der Waals surface area contributed by atoms with Crippen LogP contribution < -0.4 is 5.73 Å². The van der Waals surface area contributed by atoms with Crippen molar-refractivity contribution in [3.05, 3.63) is 23.5 Å². The van der Waals surface area contributed by atoms with Crippen molar-refractivity contribution in [3.8, 4) is 0 Å². The van der Waals surface area contributed by atoms with Crippen LogP contribution in [0.25, 0.3) is 0 Å². The fourth-order valence-corrected chi connectivity index (χ4v) is 0.711. The molecule has 54 valence electrons. The minimum absolute atomic E-state index is 0.0267. The Morgan fingerprint density at radius 3 is 2.90 bits per heavy atom. The molecule has 0 saturated carbocycles. The van der Waals surface area contributed by atoms with E-state index in [9.17, 15) is 0 Å². The van der Waals surface area contributed by atoms with Gasteiger partial charge in [0.2, 0.25) is 0 Å². The van der Waals surface area contributed by atoms with Crippen LogP contribution in [0, 0.1) is 6.92 Å². The molecule has 0 aliphatic carbocycles. The fourth-order valence-electron chi connectivity index (χ4n) is 0.711. The van der Waals surface area contributed by atoms with Crippen LogP contribution in [-0.2, 0) is 6.61 Å². The monoisotopic (exact) mass is 138 g/mol. The van der Waals surface area contributed by atoms with E-state index < -0.39 is 0 Å². The van der Waals surface area contributed by atoms with Gasteiger partial charge in [0.1, 0.15) is 0 Å². The first-order valence-corrected chi connectivity index (χ1v) is 3.06. The third-order valence-electron chi connectivity index (χ3n) is 1.37. The number of anilines is 1. The molecule has 3 N–H and O–H groups in total. The van der Waals surface area contributed by atoms with Gasteiger partial charge in [-0.25, -0.2) is 0 Å². The molecule has 0 amide bonds. The van der Waals surface area contributed by atoms with Crippen molar-refractivity contribution in [1.29, 1.82) is 0 Å². The predicted molar refractivity (Wildman–Crippen MR) is 39.3 cm³/mol. The fraction of sp³-hybridized carbons (Fsp3) is 0.286. The molecular formula is C7H10N2O. The van der Waals surface area contributed by atoms with Gasteiger partial charge in [-0.3, -0.25) is 4.98 Å². The molecule has 0 unspecified atom stereocenters. The highest BCUT2D eigenvalue weighted by Crippen LogP contribution is 2.08. The maximum absolute atomic E-state index is 8.65. The van der Waals surface area contributed by atoms with Gasteiger partial charge in [0.25, 0.3) is 0 Å². The molecule has 1 heterocycles. The van der Waals surface area contributed by atoms with Crippen LogP contribution in [0.3, 0.4) is 0 Å². The van der Waals surface area contributed by atoms with Gasteiger partial charge < -0.3 is 10.8 Å². The Balaban J connectivity index is 3.04. The number of hydrogen-bond acceptors (Lipinski definition) is 3. The number of aryl methyl sites for hydroxylation is 1. The number of aliphatic hydroxyl groups excluding tert-OH is 1. The average Bonchev–Trinajstić information content (AvgIpc) is 1.95. The van der Waals surface area contributed by atoms with Crippen molar-refractivity contribution >= 4 is 5.69 Å². The summed E-state index contributed by atoms with van der Waals surface area (Å²) >= 11 is 0. The summed E-state index contributed by atoms with van der Waals surface area (Å²) in [6.07, 6.45) is 1.56. The normalized spacial score (nSPS) is 9.80. The molecule has 10 heavy (non-hydrogen) atoms. The second-order valence-electron chi connectivity index (χ2n) is 2.19. The first kappa shape index (κ1) is 7.02. The maximum Gasteiger partial charge on any atom is 0.0853 e. The van der Waals surface area contributed by atoms with E-state index in [4.69, 9.17) is 10.8 Å². The standard InChI is InChI=1S/C7H10N2O/c1-5-2-6(4-10)9-3-7(5)8/h2-3,10H,4,8H2,1H3. The molecule has 0 bridgehead atoms. The second-order valence-corrected chi connectivity index (χ2v) is 2.19. The number of hydrogen-bond donors (Lipinski definition) is 2. The van der Waals surface area contributed by atoms with Gasteiger partial charge in [0, 0.05) is 0 Å². The van der Waals surface area contributed by atoms with Gasteiger partial charge in [-0.15, -0.1) is 0 Å². The molecule has 0 spiro atoms. The highest BCUT2D eigenvalue weighted by molar-refractivity contribution is 5.43. The molecule has 3 heteroatoms. The number of nitrogens with two attached hydrogens (primary N) is 1. The molecule has 0 atom stereocenters. The smallest absolute Gasteiger partial charge is 0.0853 e. The molecule has 1 aromatic heterocycles. The highest BCUT2D eigenvalue weighted by Gasteiger charge is 1.94. The van der Waals surface area contributed by atoms with E-state index in [2.05, 4.69) is 4.98 Å². The number of aliphatic hydroxyl groups is 1. The molecule has 0 saturated heterocycles. The summed E-state index contributed by atoms with van der Waals surface area (Å²) in [6, 6.07) is 1.77. The summed E-state index contributed by atoms with van der Waals surface area (Å²) in [6.45, 7) is 1.86. The zero-order chi connectivity index (χ0) is 7.56. The van der Waals surface area contributed by atoms with Crippen molar-refractivity contribution in [2.75, 3.05) is 5.73 Å². The van der Waals surface area contributed by atoms with Crippen LogP contribution in [0.15, 0.2) is 12.3 Å². The molecule has 0 aromatic carbocycles. The summed E-state index contributed by atoms with van der Waals surface area (Å²) in [5.74, 6) is 0. The number of rotatable bonds is 1.